The van der Waals surface area contributed by atoms with Crippen LogP contribution in [-0.2, 0) is 11.3 Å². The van der Waals surface area contributed by atoms with Crippen LogP contribution in [-0.4, -0.2) is 68.0 Å². The van der Waals surface area contributed by atoms with E-state index in [1.165, 1.54) is 17.7 Å². The molecule has 200 valence electrons. The number of carbonyl (C=O) groups excluding carboxylic acids is 1. The third-order valence-corrected chi connectivity index (χ3v) is 7.85. The quantitative estimate of drug-likeness (QED) is 0.386. The molecule has 12 heteroatoms. The first-order valence-corrected chi connectivity index (χ1v) is 12.6. The molecule has 3 atom stereocenters. The molecular formula is C26H28F3N7O2. The summed E-state index contributed by atoms with van der Waals surface area (Å²) in [5.41, 5.74) is 1.91. The van der Waals surface area contributed by atoms with Gasteiger partial charge in [-0.2, -0.15) is 9.97 Å². The van der Waals surface area contributed by atoms with E-state index in [-0.39, 0.29) is 17.5 Å². The number of H-pyrrole nitrogens is 1. The van der Waals surface area contributed by atoms with Crippen LogP contribution in [0.25, 0.3) is 33.2 Å². The lowest BCUT2D eigenvalue weighted by Gasteiger charge is -2.18. The molecule has 9 nitrogen and oxygen atoms in total. The van der Waals surface area contributed by atoms with Crippen LogP contribution in [0.4, 0.5) is 19.1 Å². The summed E-state index contributed by atoms with van der Waals surface area (Å²) in [6, 6.07) is 3.17. The average Bonchev–Trinajstić information content (AvgIpc) is 3.61. The summed E-state index contributed by atoms with van der Waals surface area (Å²) in [6.45, 7) is 4.20. The lowest BCUT2D eigenvalue weighted by molar-refractivity contribution is -0.128. The molecule has 6 rings (SSSR count). The van der Waals surface area contributed by atoms with E-state index >= 15 is 4.39 Å². The molecule has 0 spiro atoms. The standard InChI is InChI=1S/C26H28F3N7O2/c1-12-31-23-19(27)6-14(7-20(23)36(12)11-21(28)29)18-8-30-24-22(18)25(38-3)34-26(33-24)32-17-4-15-9-35(13(2)37)10-16(15)5-17/h6-8,15-17,21H,4-5,9-11H2,1-3H3,(H2,30,32,33,34)/t15-,16+,17-. The number of anilines is 1. The van der Waals surface area contributed by atoms with Crippen LogP contribution in [0.5, 0.6) is 5.88 Å². The van der Waals surface area contributed by atoms with E-state index in [1.807, 2.05) is 4.90 Å². The number of benzene rings is 1. The van der Waals surface area contributed by atoms with Crippen molar-refractivity contribution >= 4 is 33.9 Å². The van der Waals surface area contributed by atoms with Crippen molar-refractivity contribution in [3.05, 3.63) is 30.0 Å². The zero-order chi connectivity index (χ0) is 26.7. The van der Waals surface area contributed by atoms with Crippen LogP contribution in [0.15, 0.2) is 18.3 Å². The molecule has 2 fully saturated rings. The van der Waals surface area contributed by atoms with E-state index in [2.05, 4.69) is 25.3 Å². The molecule has 1 aliphatic heterocycles. The number of carbonyl (C=O) groups is 1. The number of nitrogens with one attached hydrogen (secondary N) is 2. The first-order valence-electron chi connectivity index (χ1n) is 12.6. The molecule has 2 aliphatic rings. The molecular weight excluding hydrogens is 499 g/mol. The summed E-state index contributed by atoms with van der Waals surface area (Å²) < 4.78 is 48.3. The number of aromatic amines is 1. The van der Waals surface area contributed by atoms with Crippen molar-refractivity contribution in [2.75, 3.05) is 25.5 Å². The molecule has 1 aliphatic carbocycles. The Kier molecular flexibility index (Phi) is 5.92. The van der Waals surface area contributed by atoms with Gasteiger partial charge in [-0.15, -0.1) is 0 Å². The van der Waals surface area contributed by atoms with Gasteiger partial charge in [-0.25, -0.2) is 18.2 Å². The molecule has 1 amide bonds. The fourth-order valence-electron chi connectivity index (χ4n) is 6.12. The lowest BCUT2D eigenvalue weighted by Crippen LogP contribution is -2.29. The molecule has 4 heterocycles. The van der Waals surface area contributed by atoms with Crippen LogP contribution in [0.2, 0.25) is 0 Å². The number of imidazole rings is 1. The topological polar surface area (TPSA) is 101 Å². The van der Waals surface area contributed by atoms with Crippen molar-refractivity contribution in [1.82, 2.24) is 29.4 Å². The van der Waals surface area contributed by atoms with Crippen molar-refractivity contribution < 1.29 is 22.7 Å². The molecule has 1 saturated heterocycles. The van der Waals surface area contributed by atoms with Gasteiger partial charge in [-0.1, -0.05) is 0 Å². The number of amides is 1. The van der Waals surface area contributed by atoms with E-state index in [4.69, 9.17) is 4.74 Å². The van der Waals surface area contributed by atoms with Crippen LogP contribution in [0, 0.1) is 24.6 Å². The maximum absolute atomic E-state index is 15.0. The highest BCUT2D eigenvalue weighted by atomic mass is 19.3. The number of ether oxygens (including phenoxy) is 1. The highest BCUT2D eigenvalue weighted by molar-refractivity contribution is 5.99. The highest BCUT2D eigenvalue weighted by Gasteiger charge is 2.41. The second-order valence-electron chi connectivity index (χ2n) is 10.2. The number of methoxy groups -OCH3 is 1. The highest BCUT2D eigenvalue weighted by Crippen LogP contribution is 2.40. The molecule has 0 bridgehead atoms. The first-order chi connectivity index (χ1) is 18.2. The molecule has 1 saturated carbocycles. The van der Waals surface area contributed by atoms with Gasteiger partial charge in [0.25, 0.3) is 6.43 Å². The second-order valence-corrected chi connectivity index (χ2v) is 10.2. The van der Waals surface area contributed by atoms with Gasteiger partial charge in [-0.05, 0) is 49.3 Å². The maximum Gasteiger partial charge on any atom is 0.256 e. The van der Waals surface area contributed by atoms with Gasteiger partial charge >= 0.3 is 0 Å². The third-order valence-electron chi connectivity index (χ3n) is 7.85. The minimum atomic E-state index is -2.60. The SMILES string of the molecule is COc1nc(N[C@@H]2C[C@@H]3CN(C(C)=O)C[C@@H]3C2)nc2[nH]cc(-c3cc(F)c4nc(C)n(CC(F)F)c4c3)c12. The summed E-state index contributed by atoms with van der Waals surface area (Å²) in [6.07, 6.45) is 0.944. The molecule has 0 unspecified atom stereocenters. The molecule has 2 N–H and O–H groups in total. The van der Waals surface area contributed by atoms with E-state index < -0.39 is 18.8 Å². The number of hydrogen-bond donors (Lipinski definition) is 2. The number of alkyl halides is 2. The Balaban J connectivity index is 1.31. The monoisotopic (exact) mass is 527 g/mol. The van der Waals surface area contributed by atoms with Crippen molar-refractivity contribution in [2.45, 2.75) is 45.7 Å². The van der Waals surface area contributed by atoms with Crippen molar-refractivity contribution in [3.63, 3.8) is 0 Å². The fraction of sp³-hybridized carbons (Fsp3) is 0.462. The zero-order valence-corrected chi connectivity index (χ0v) is 21.3. The van der Waals surface area contributed by atoms with Gasteiger partial charge < -0.3 is 24.5 Å². The number of rotatable bonds is 6. The summed E-state index contributed by atoms with van der Waals surface area (Å²) in [5, 5.41) is 3.99. The number of hydrogen-bond acceptors (Lipinski definition) is 6. The van der Waals surface area contributed by atoms with Gasteiger partial charge in [0.15, 0.2) is 5.82 Å². The summed E-state index contributed by atoms with van der Waals surface area (Å²) in [7, 11) is 1.50. The van der Waals surface area contributed by atoms with Gasteiger partial charge in [0, 0.05) is 37.8 Å². The van der Waals surface area contributed by atoms with Gasteiger partial charge in [0.05, 0.1) is 24.6 Å². The second kappa shape index (κ2) is 9.17. The number of aromatic nitrogens is 5. The van der Waals surface area contributed by atoms with Crippen molar-refractivity contribution in [3.8, 4) is 17.0 Å². The van der Waals surface area contributed by atoms with Crippen LogP contribution < -0.4 is 10.1 Å². The predicted molar refractivity (Wildman–Crippen MR) is 136 cm³/mol. The van der Waals surface area contributed by atoms with Gasteiger partial charge in [-0.3, -0.25) is 4.79 Å². The number of nitrogens with zero attached hydrogens (tertiary/aromatic N) is 5. The van der Waals surface area contributed by atoms with Crippen molar-refractivity contribution in [2.24, 2.45) is 11.8 Å². The summed E-state index contributed by atoms with van der Waals surface area (Å²) in [5.74, 6) is 1.50. The minimum Gasteiger partial charge on any atom is -0.480 e. The molecule has 4 aromatic rings. The van der Waals surface area contributed by atoms with E-state index in [1.54, 1.807) is 26.1 Å². The van der Waals surface area contributed by atoms with Gasteiger partial charge in [0.1, 0.15) is 17.0 Å². The van der Waals surface area contributed by atoms with Gasteiger partial charge in [0.2, 0.25) is 17.7 Å². The third kappa shape index (κ3) is 4.11. The van der Waals surface area contributed by atoms with Crippen LogP contribution in [0.1, 0.15) is 25.6 Å². The molecule has 3 aromatic heterocycles. The van der Waals surface area contributed by atoms with Crippen LogP contribution in [0.3, 0.4) is 0 Å². The Morgan fingerprint density at radius 1 is 1.21 bits per heavy atom. The number of halogens is 3. The first kappa shape index (κ1) is 24.5. The number of fused-ring (bicyclic) bond motifs is 3. The number of aryl methyl sites for hydroxylation is 1. The fourth-order valence-corrected chi connectivity index (χ4v) is 6.12. The minimum absolute atomic E-state index is 0.0502. The lowest BCUT2D eigenvalue weighted by atomic mass is 10.0. The number of likely N-dealkylation sites (tertiary alicyclic amines) is 1. The largest absolute Gasteiger partial charge is 0.480 e. The molecule has 0 radical (unpaired) electrons. The van der Waals surface area contributed by atoms with Crippen LogP contribution >= 0.6 is 0 Å². The molecule has 38 heavy (non-hydrogen) atoms. The Bertz CT molecular complexity index is 1540. The molecule has 1 aromatic carbocycles. The van der Waals surface area contributed by atoms with E-state index in [9.17, 15) is 13.6 Å². The zero-order valence-electron chi connectivity index (χ0n) is 21.3. The Labute approximate surface area is 216 Å². The Hall–Kier alpha value is -3.83. The van der Waals surface area contributed by atoms with E-state index in [0.717, 1.165) is 25.9 Å². The smallest absolute Gasteiger partial charge is 0.256 e. The Morgan fingerprint density at radius 2 is 1.95 bits per heavy atom. The summed E-state index contributed by atoms with van der Waals surface area (Å²) in [4.78, 5) is 30.1. The van der Waals surface area contributed by atoms with E-state index in [0.29, 0.717) is 57.2 Å². The summed E-state index contributed by atoms with van der Waals surface area (Å²) >= 11 is 0. The predicted octanol–water partition coefficient (Wildman–Crippen LogP) is 4.36. The maximum atomic E-state index is 15.0. The normalized spacial score (nSPS) is 21.1. The van der Waals surface area contributed by atoms with Crippen molar-refractivity contribution in [1.29, 1.82) is 0 Å². The average molecular weight is 528 g/mol. The Morgan fingerprint density at radius 3 is 2.61 bits per heavy atom.